The van der Waals surface area contributed by atoms with E-state index in [1.807, 2.05) is 56.9 Å². The molecule has 0 radical (unpaired) electrons. The molecule has 1 aromatic carbocycles. The Hall–Kier alpha value is -2.20. The molecule has 6 nitrogen and oxygen atoms in total. The highest BCUT2D eigenvalue weighted by atomic mass is 32.2. The zero-order valence-electron chi connectivity index (χ0n) is 16.5. The Balaban J connectivity index is 1.93. The van der Waals surface area contributed by atoms with Crippen LogP contribution in [-0.4, -0.2) is 53.7 Å². The van der Waals surface area contributed by atoms with Gasteiger partial charge in [-0.2, -0.15) is 5.26 Å². The predicted molar refractivity (Wildman–Crippen MR) is 109 cm³/mol. The number of nitriles is 1. The van der Waals surface area contributed by atoms with Crippen LogP contribution >= 0.6 is 11.8 Å². The van der Waals surface area contributed by atoms with E-state index in [9.17, 15) is 9.59 Å². The third-order valence-electron chi connectivity index (χ3n) is 4.33. The molecule has 0 saturated carbocycles. The van der Waals surface area contributed by atoms with E-state index in [0.717, 1.165) is 10.6 Å². The van der Waals surface area contributed by atoms with E-state index in [1.165, 1.54) is 0 Å². The van der Waals surface area contributed by atoms with Crippen molar-refractivity contribution in [1.29, 1.82) is 5.26 Å². The van der Waals surface area contributed by atoms with Gasteiger partial charge in [0.1, 0.15) is 0 Å². The van der Waals surface area contributed by atoms with Gasteiger partial charge in [-0.3, -0.25) is 4.79 Å². The summed E-state index contributed by atoms with van der Waals surface area (Å²) >= 11 is 1.57. The van der Waals surface area contributed by atoms with Crippen molar-refractivity contribution in [3.8, 4) is 6.07 Å². The molecule has 1 heterocycles. The normalized spacial score (nSPS) is 15.8. The van der Waals surface area contributed by atoms with Crippen LogP contribution in [0, 0.1) is 22.7 Å². The second-order valence-electron chi connectivity index (χ2n) is 7.80. The van der Waals surface area contributed by atoms with Crippen molar-refractivity contribution in [3.63, 3.8) is 0 Å². The molecule has 27 heavy (non-hydrogen) atoms. The number of amides is 3. The fourth-order valence-electron chi connectivity index (χ4n) is 2.73. The number of para-hydroxylation sites is 1. The lowest BCUT2D eigenvalue weighted by atomic mass is 9.94. The van der Waals surface area contributed by atoms with Crippen LogP contribution in [0.15, 0.2) is 29.2 Å². The summed E-state index contributed by atoms with van der Waals surface area (Å²) in [5.74, 6) is 0.750. The fraction of sp³-hybridized carbons (Fsp3) is 0.550. The summed E-state index contributed by atoms with van der Waals surface area (Å²) in [4.78, 5) is 29.5. The first-order valence-corrected chi connectivity index (χ1v) is 10.2. The van der Waals surface area contributed by atoms with Crippen LogP contribution < -0.4 is 5.32 Å². The maximum Gasteiger partial charge on any atom is 0.321 e. The number of hydrogen-bond donors (Lipinski definition) is 1. The lowest BCUT2D eigenvalue weighted by molar-refractivity contribution is -0.140. The smallest absolute Gasteiger partial charge is 0.321 e. The quantitative estimate of drug-likeness (QED) is 0.799. The Morgan fingerprint density at radius 1 is 1.19 bits per heavy atom. The van der Waals surface area contributed by atoms with Crippen molar-refractivity contribution in [2.24, 2.45) is 11.3 Å². The van der Waals surface area contributed by atoms with Gasteiger partial charge in [-0.1, -0.05) is 32.9 Å². The second kappa shape index (κ2) is 9.14. The number of rotatable bonds is 4. The van der Waals surface area contributed by atoms with Gasteiger partial charge in [0.25, 0.3) is 0 Å². The topological polar surface area (TPSA) is 76.4 Å². The summed E-state index contributed by atoms with van der Waals surface area (Å²) in [6, 6.07) is 9.69. The largest absolute Gasteiger partial charge is 0.339 e. The number of carbonyl (C=O) groups is 2. The zero-order valence-corrected chi connectivity index (χ0v) is 17.3. The van der Waals surface area contributed by atoms with Crippen molar-refractivity contribution in [2.75, 3.05) is 37.2 Å². The zero-order chi connectivity index (χ0) is 20.0. The average Bonchev–Trinajstić information content (AvgIpc) is 2.65. The van der Waals surface area contributed by atoms with Crippen molar-refractivity contribution < 1.29 is 9.59 Å². The van der Waals surface area contributed by atoms with Crippen molar-refractivity contribution in [2.45, 2.75) is 32.6 Å². The van der Waals surface area contributed by atoms with Gasteiger partial charge in [-0.05, 0) is 19.1 Å². The van der Waals surface area contributed by atoms with Gasteiger partial charge < -0.3 is 15.1 Å². The summed E-state index contributed by atoms with van der Waals surface area (Å²) in [5.41, 5.74) is 0.354. The highest BCUT2D eigenvalue weighted by Crippen LogP contribution is 2.29. The lowest BCUT2D eigenvalue weighted by Crippen LogP contribution is -2.53. The standard InChI is InChI=1S/C20H28N4O2S/c1-15(13-21)14-27-17-8-6-5-7-16(17)22-19(26)24-11-9-23(10-12-24)18(25)20(2,3)4/h5-8,15H,9-12,14H2,1-4H3,(H,22,26). The summed E-state index contributed by atoms with van der Waals surface area (Å²) in [5, 5.41) is 11.9. The number of nitrogens with one attached hydrogen (secondary N) is 1. The molecular weight excluding hydrogens is 360 g/mol. The van der Waals surface area contributed by atoms with Crippen LogP contribution in [0.5, 0.6) is 0 Å². The number of urea groups is 1. The molecule has 1 aromatic rings. The van der Waals surface area contributed by atoms with Crippen LogP contribution in [0.1, 0.15) is 27.7 Å². The minimum absolute atomic E-state index is 0.0489. The monoisotopic (exact) mass is 388 g/mol. The van der Waals surface area contributed by atoms with Gasteiger partial charge in [0.2, 0.25) is 5.91 Å². The molecule has 146 valence electrons. The number of anilines is 1. The number of thioether (sulfide) groups is 1. The Morgan fingerprint density at radius 2 is 1.78 bits per heavy atom. The maximum absolute atomic E-state index is 12.6. The van der Waals surface area contributed by atoms with Crippen molar-refractivity contribution in [1.82, 2.24) is 9.80 Å². The molecule has 1 N–H and O–H groups in total. The Kier molecular flexibility index (Phi) is 7.14. The first kappa shape index (κ1) is 21.1. The molecule has 0 aromatic heterocycles. The Bertz CT molecular complexity index is 715. The van der Waals surface area contributed by atoms with E-state index >= 15 is 0 Å². The summed E-state index contributed by atoms with van der Waals surface area (Å²) < 4.78 is 0. The first-order chi connectivity index (χ1) is 12.7. The van der Waals surface area contributed by atoms with Crippen LogP contribution in [0.3, 0.4) is 0 Å². The molecule has 1 aliphatic rings. The van der Waals surface area contributed by atoms with Gasteiger partial charge in [-0.15, -0.1) is 11.8 Å². The van der Waals surface area contributed by atoms with Crippen LogP contribution in [-0.2, 0) is 4.79 Å². The van der Waals surface area contributed by atoms with E-state index in [1.54, 1.807) is 16.7 Å². The number of carbonyl (C=O) groups excluding carboxylic acids is 2. The van der Waals surface area contributed by atoms with E-state index in [0.29, 0.717) is 31.9 Å². The van der Waals surface area contributed by atoms with E-state index < -0.39 is 5.41 Å². The highest BCUT2D eigenvalue weighted by Gasteiger charge is 2.30. The average molecular weight is 389 g/mol. The number of hydrogen-bond acceptors (Lipinski definition) is 4. The van der Waals surface area contributed by atoms with Gasteiger partial charge in [0, 0.05) is 42.2 Å². The molecule has 1 aliphatic heterocycles. The van der Waals surface area contributed by atoms with Crippen molar-refractivity contribution in [3.05, 3.63) is 24.3 Å². The van der Waals surface area contributed by atoms with Gasteiger partial charge >= 0.3 is 6.03 Å². The molecule has 1 saturated heterocycles. The molecular formula is C20H28N4O2S. The third-order valence-corrected chi connectivity index (χ3v) is 5.67. The minimum atomic E-state index is -0.402. The number of benzene rings is 1. The molecule has 3 amide bonds. The molecule has 0 aliphatic carbocycles. The van der Waals surface area contributed by atoms with Crippen LogP contribution in [0.2, 0.25) is 0 Å². The molecule has 2 rings (SSSR count). The predicted octanol–water partition coefficient (Wildman–Crippen LogP) is 3.66. The summed E-state index contributed by atoms with van der Waals surface area (Å²) in [6.07, 6.45) is 0. The van der Waals surface area contributed by atoms with Crippen LogP contribution in [0.25, 0.3) is 0 Å². The lowest BCUT2D eigenvalue weighted by Gasteiger charge is -2.37. The van der Waals surface area contributed by atoms with Gasteiger partial charge in [0.05, 0.1) is 17.7 Å². The maximum atomic E-state index is 12.6. The number of nitrogens with zero attached hydrogens (tertiary/aromatic N) is 3. The highest BCUT2D eigenvalue weighted by molar-refractivity contribution is 7.99. The third kappa shape index (κ3) is 5.90. The van der Waals surface area contributed by atoms with Gasteiger partial charge in [-0.25, -0.2) is 4.79 Å². The van der Waals surface area contributed by atoms with E-state index in [4.69, 9.17) is 5.26 Å². The molecule has 1 atom stereocenters. The van der Waals surface area contributed by atoms with Crippen molar-refractivity contribution >= 4 is 29.4 Å². The van der Waals surface area contributed by atoms with E-state index in [2.05, 4.69) is 11.4 Å². The molecule has 7 heteroatoms. The van der Waals surface area contributed by atoms with E-state index in [-0.39, 0.29) is 17.9 Å². The minimum Gasteiger partial charge on any atom is -0.339 e. The molecule has 1 fully saturated rings. The first-order valence-electron chi connectivity index (χ1n) is 9.19. The molecule has 1 unspecified atom stereocenters. The Labute approximate surface area is 165 Å². The summed E-state index contributed by atoms with van der Waals surface area (Å²) in [7, 11) is 0. The fourth-order valence-corrected chi connectivity index (χ4v) is 3.68. The second-order valence-corrected chi connectivity index (χ2v) is 8.86. The summed E-state index contributed by atoms with van der Waals surface area (Å²) in [6.45, 7) is 9.77. The molecule has 0 bridgehead atoms. The SMILES string of the molecule is CC(C#N)CSc1ccccc1NC(=O)N1CCN(C(=O)C(C)(C)C)CC1. The van der Waals surface area contributed by atoms with Gasteiger partial charge in [0.15, 0.2) is 0 Å². The Morgan fingerprint density at radius 3 is 2.37 bits per heavy atom. The van der Waals surface area contributed by atoms with Crippen LogP contribution in [0.4, 0.5) is 10.5 Å². The number of piperazine rings is 1. The molecule has 0 spiro atoms.